The molecule has 0 spiro atoms. The van der Waals surface area contributed by atoms with Crippen molar-refractivity contribution in [3.8, 4) is 17.5 Å². The van der Waals surface area contributed by atoms with Crippen molar-refractivity contribution in [3.05, 3.63) is 66.0 Å². The van der Waals surface area contributed by atoms with Crippen molar-refractivity contribution in [3.63, 3.8) is 0 Å². The molecule has 0 unspecified atom stereocenters. The van der Waals surface area contributed by atoms with E-state index in [-0.39, 0.29) is 18.0 Å². The Balaban J connectivity index is 1.76. The topological polar surface area (TPSA) is 92.8 Å². The molecule has 0 bridgehead atoms. The van der Waals surface area contributed by atoms with Gasteiger partial charge in [0, 0.05) is 5.69 Å². The van der Waals surface area contributed by atoms with Crippen molar-refractivity contribution < 1.29 is 22.7 Å². The monoisotopic (exact) mass is 387 g/mol. The predicted molar refractivity (Wildman–Crippen MR) is 91.9 cm³/mol. The lowest BCUT2D eigenvalue weighted by atomic mass is 10.1. The Hall–Kier alpha value is -3.87. The Kier molecular flexibility index (Phi) is 5.26. The minimum absolute atomic E-state index is 0.103. The van der Waals surface area contributed by atoms with Gasteiger partial charge in [-0.1, -0.05) is 17.3 Å². The SMILES string of the molecule is N#CCOc1ccc(NC(=O)c2cn(-c3ccccc3C(F)(F)F)nn2)cc1. The third kappa shape index (κ3) is 4.27. The lowest BCUT2D eigenvalue weighted by Crippen LogP contribution is -2.12. The van der Waals surface area contributed by atoms with Crippen molar-refractivity contribution in [1.29, 1.82) is 5.26 Å². The predicted octanol–water partition coefficient (Wildman–Crippen LogP) is 3.44. The molecule has 10 heteroatoms. The molecule has 1 N–H and O–H groups in total. The number of carbonyl (C=O) groups excluding carboxylic acids is 1. The Labute approximate surface area is 157 Å². The van der Waals surface area contributed by atoms with E-state index < -0.39 is 17.6 Å². The third-order valence-corrected chi connectivity index (χ3v) is 3.60. The summed E-state index contributed by atoms with van der Waals surface area (Å²) in [4.78, 5) is 12.3. The van der Waals surface area contributed by atoms with Crippen LogP contribution in [0.15, 0.2) is 54.7 Å². The number of alkyl halides is 3. The molecular formula is C18H12F3N5O2. The summed E-state index contributed by atoms with van der Waals surface area (Å²) in [5.41, 5.74) is -0.860. The molecule has 0 aliphatic rings. The minimum Gasteiger partial charge on any atom is -0.479 e. The first-order valence-electron chi connectivity index (χ1n) is 7.88. The highest BCUT2D eigenvalue weighted by Crippen LogP contribution is 2.33. The van der Waals surface area contributed by atoms with E-state index in [9.17, 15) is 18.0 Å². The Bertz CT molecular complexity index is 1020. The van der Waals surface area contributed by atoms with Crippen LogP contribution in [0.2, 0.25) is 0 Å². The van der Waals surface area contributed by atoms with Crippen LogP contribution in [0.5, 0.6) is 5.75 Å². The number of benzene rings is 2. The second-order valence-electron chi connectivity index (χ2n) is 5.49. The van der Waals surface area contributed by atoms with Gasteiger partial charge in [0.25, 0.3) is 5.91 Å². The van der Waals surface area contributed by atoms with Crippen molar-refractivity contribution in [2.75, 3.05) is 11.9 Å². The lowest BCUT2D eigenvalue weighted by Gasteiger charge is -2.11. The standard InChI is InChI=1S/C18H12F3N5O2/c19-18(20,21)14-3-1-2-4-16(14)26-11-15(24-25-26)17(27)23-12-5-7-13(8-6-12)28-10-9-22/h1-8,11H,10H2,(H,23,27). The maximum absolute atomic E-state index is 13.1. The fraction of sp³-hybridized carbons (Fsp3) is 0.111. The van der Waals surface area contributed by atoms with E-state index in [4.69, 9.17) is 10.00 Å². The van der Waals surface area contributed by atoms with Crippen LogP contribution < -0.4 is 10.1 Å². The van der Waals surface area contributed by atoms with Crippen molar-refractivity contribution >= 4 is 11.6 Å². The molecule has 0 aliphatic heterocycles. The zero-order valence-electron chi connectivity index (χ0n) is 14.1. The first kappa shape index (κ1) is 18.9. The molecule has 28 heavy (non-hydrogen) atoms. The zero-order valence-corrected chi connectivity index (χ0v) is 14.1. The fourth-order valence-corrected chi connectivity index (χ4v) is 2.34. The molecule has 3 aromatic rings. The number of aromatic nitrogens is 3. The molecule has 0 radical (unpaired) electrons. The lowest BCUT2D eigenvalue weighted by molar-refractivity contribution is -0.137. The number of ether oxygens (including phenoxy) is 1. The molecule has 1 heterocycles. The van der Waals surface area contributed by atoms with Crippen LogP contribution in [0.4, 0.5) is 18.9 Å². The van der Waals surface area contributed by atoms with E-state index in [1.807, 2.05) is 6.07 Å². The number of nitriles is 1. The number of nitrogens with one attached hydrogen (secondary N) is 1. The first-order chi connectivity index (χ1) is 13.4. The summed E-state index contributed by atoms with van der Waals surface area (Å²) < 4.78 is 45.4. The van der Waals surface area contributed by atoms with Gasteiger partial charge in [-0.25, -0.2) is 4.68 Å². The van der Waals surface area contributed by atoms with Gasteiger partial charge in [0.2, 0.25) is 0 Å². The van der Waals surface area contributed by atoms with E-state index in [1.165, 1.54) is 18.2 Å². The number of hydrogen-bond donors (Lipinski definition) is 1. The highest BCUT2D eigenvalue weighted by Gasteiger charge is 2.34. The summed E-state index contributed by atoms with van der Waals surface area (Å²) in [6.45, 7) is -0.103. The Morgan fingerprint density at radius 3 is 2.57 bits per heavy atom. The van der Waals surface area contributed by atoms with Gasteiger partial charge in [0.05, 0.1) is 17.4 Å². The van der Waals surface area contributed by atoms with Crippen LogP contribution in [0.25, 0.3) is 5.69 Å². The fourth-order valence-electron chi connectivity index (χ4n) is 2.34. The van der Waals surface area contributed by atoms with Gasteiger partial charge in [-0.05, 0) is 36.4 Å². The number of hydrogen-bond acceptors (Lipinski definition) is 5. The molecular weight excluding hydrogens is 375 g/mol. The van der Waals surface area contributed by atoms with Crippen molar-refractivity contribution in [2.45, 2.75) is 6.18 Å². The quantitative estimate of drug-likeness (QED) is 0.724. The molecule has 1 aromatic heterocycles. The largest absolute Gasteiger partial charge is 0.479 e. The highest BCUT2D eigenvalue weighted by molar-refractivity contribution is 6.02. The van der Waals surface area contributed by atoms with Gasteiger partial charge in [-0.15, -0.1) is 5.10 Å². The number of halogens is 3. The van der Waals surface area contributed by atoms with E-state index in [0.717, 1.165) is 16.9 Å². The minimum atomic E-state index is -4.57. The first-order valence-corrected chi connectivity index (χ1v) is 7.88. The number of rotatable bonds is 5. The molecule has 3 rings (SSSR count). The summed E-state index contributed by atoms with van der Waals surface area (Å²) in [7, 11) is 0. The number of nitrogens with zero attached hydrogens (tertiary/aromatic N) is 4. The average Bonchev–Trinajstić information content (AvgIpc) is 3.17. The molecule has 0 saturated carbocycles. The van der Waals surface area contributed by atoms with Crippen molar-refractivity contribution in [2.24, 2.45) is 0 Å². The van der Waals surface area contributed by atoms with Crippen LogP contribution in [0.3, 0.4) is 0 Å². The van der Waals surface area contributed by atoms with Gasteiger partial charge < -0.3 is 10.1 Å². The summed E-state index contributed by atoms with van der Waals surface area (Å²) in [6.07, 6.45) is -3.45. The van der Waals surface area contributed by atoms with Crippen LogP contribution >= 0.6 is 0 Å². The number of anilines is 1. The normalized spacial score (nSPS) is 10.9. The molecule has 2 aromatic carbocycles. The molecule has 1 amide bonds. The molecule has 0 saturated heterocycles. The van der Waals surface area contributed by atoms with Gasteiger partial charge in [-0.2, -0.15) is 18.4 Å². The zero-order chi connectivity index (χ0) is 20.1. The van der Waals surface area contributed by atoms with Crippen LogP contribution in [0.1, 0.15) is 16.1 Å². The van der Waals surface area contributed by atoms with E-state index in [1.54, 1.807) is 24.3 Å². The van der Waals surface area contributed by atoms with Gasteiger partial charge in [-0.3, -0.25) is 4.79 Å². The molecule has 0 atom stereocenters. The molecule has 0 fully saturated rings. The maximum atomic E-state index is 13.1. The maximum Gasteiger partial charge on any atom is 0.418 e. The second kappa shape index (κ2) is 7.79. The second-order valence-corrected chi connectivity index (χ2v) is 5.49. The average molecular weight is 387 g/mol. The molecule has 0 aliphatic carbocycles. The molecule has 7 nitrogen and oxygen atoms in total. The van der Waals surface area contributed by atoms with Crippen LogP contribution in [-0.2, 0) is 6.18 Å². The summed E-state index contributed by atoms with van der Waals surface area (Å²) >= 11 is 0. The Morgan fingerprint density at radius 2 is 1.89 bits per heavy atom. The number of carbonyl (C=O) groups is 1. The van der Waals surface area contributed by atoms with Crippen molar-refractivity contribution in [1.82, 2.24) is 15.0 Å². The number of amides is 1. The van der Waals surface area contributed by atoms with Crippen LogP contribution in [0, 0.1) is 11.3 Å². The number of para-hydroxylation sites is 1. The van der Waals surface area contributed by atoms with Gasteiger partial charge >= 0.3 is 6.18 Å². The summed E-state index contributed by atoms with van der Waals surface area (Å²) in [5.74, 6) is -0.185. The Morgan fingerprint density at radius 1 is 1.18 bits per heavy atom. The summed E-state index contributed by atoms with van der Waals surface area (Å²) in [5, 5.41) is 18.3. The van der Waals surface area contributed by atoms with Crippen LogP contribution in [-0.4, -0.2) is 27.5 Å². The van der Waals surface area contributed by atoms with E-state index >= 15 is 0 Å². The van der Waals surface area contributed by atoms with E-state index in [0.29, 0.717) is 11.4 Å². The molecule has 142 valence electrons. The van der Waals surface area contributed by atoms with Gasteiger partial charge in [0.1, 0.15) is 11.8 Å². The highest BCUT2D eigenvalue weighted by atomic mass is 19.4. The third-order valence-electron chi connectivity index (χ3n) is 3.60. The van der Waals surface area contributed by atoms with E-state index in [2.05, 4.69) is 15.6 Å². The smallest absolute Gasteiger partial charge is 0.418 e. The summed E-state index contributed by atoms with van der Waals surface area (Å²) in [6, 6.07) is 12.9. The van der Waals surface area contributed by atoms with Gasteiger partial charge in [0.15, 0.2) is 12.3 Å².